The van der Waals surface area contributed by atoms with Crippen molar-refractivity contribution >= 4 is 22.7 Å². The topological polar surface area (TPSA) is 51.9 Å². The lowest BCUT2D eigenvalue weighted by molar-refractivity contribution is 0.763. The lowest BCUT2D eigenvalue weighted by atomic mass is 10.2. The molecular formula is C25H20N4O. The standard InChI is InChI=1S/C25H20N4O/c30-25-28(18-19-10-4-1-5-11-19)22-16-17-23(26-20-12-6-2-7-13-20)27-24(22)29(25)21-14-8-3-9-15-21/h1-17H,18H2,(H,26,27). The van der Waals surface area contributed by atoms with Crippen LogP contribution in [0.4, 0.5) is 11.5 Å². The van der Waals surface area contributed by atoms with Gasteiger partial charge in [0.15, 0.2) is 5.65 Å². The van der Waals surface area contributed by atoms with E-state index < -0.39 is 0 Å². The van der Waals surface area contributed by atoms with Crippen LogP contribution < -0.4 is 11.0 Å². The molecular weight excluding hydrogens is 372 g/mol. The fourth-order valence-corrected chi connectivity index (χ4v) is 3.60. The van der Waals surface area contributed by atoms with E-state index in [0.29, 0.717) is 18.0 Å². The van der Waals surface area contributed by atoms with Gasteiger partial charge in [0, 0.05) is 5.69 Å². The van der Waals surface area contributed by atoms with Crippen LogP contribution in [0.2, 0.25) is 0 Å². The van der Waals surface area contributed by atoms with E-state index in [1.807, 2.05) is 103 Å². The molecule has 0 saturated carbocycles. The molecule has 3 aromatic carbocycles. The number of hydrogen-bond acceptors (Lipinski definition) is 3. The number of anilines is 2. The van der Waals surface area contributed by atoms with Crippen LogP contribution in [0.5, 0.6) is 0 Å². The lowest BCUT2D eigenvalue weighted by Gasteiger charge is -2.07. The Hall–Kier alpha value is -4.12. The molecule has 0 aliphatic carbocycles. The molecule has 0 atom stereocenters. The van der Waals surface area contributed by atoms with Crippen molar-refractivity contribution < 1.29 is 0 Å². The summed E-state index contributed by atoms with van der Waals surface area (Å²) in [5.41, 5.74) is 4.13. The molecule has 0 aliphatic rings. The van der Waals surface area contributed by atoms with Gasteiger partial charge < -0.3 is 5.32 Å². The highest BCUT2D eigenvalue weighted by atomic mass is 16.1. The molecule has 0 amide bonds. The third-order valence-electron chi connectivity index (χ3n) is 5.02. The SMILES string of the molecule is O=c1n(Cc2ccccc2)c2ccc(Nc3ccccc3)nc2n1-c1ccccc1. The molecule has 2 heterocycles. The highest BCUT2D eigenvalue weighted by Crippen LogP contribution is 2.21. The zero-order valence-corrected chi connectivity index (χ0v) is 16.3. The third-order valence-corrected chi connectivity index (χ3v) is 5.02. The fraction of sp³-hybridized carbons (Fsp3) is 0.0400. The Morgan fingerprint density at radius 3 is 2.07 bits per heavy atom. The van der Waals surface area contributed by atoms with Crippen LogP contribution in [0.1, 0.15) is 5.56 Å². The second kappa shape index (κ2) is 7.72. The molecule has 0 fully saturated rings. The first-order valence-corrected chi connectivity index (χ1v) is 9.83. The Labute approximate surface area is 173 Å². The minimum atomic E-state index is -0.107. The second-order valence-corrected chi connectivity index (χ2v) is 7.06. The lowest BCUT2D eigenvalue weighted by Crippen LogP contribution is -2.23. The van der Waals surface area contributed by atoms with Crippen molar-refractivity contribution in [3.63, 3.8) is 0 Å². The van der Waals surface area contributed by atoms with Crippen LogP contribution >= 0.6 is 0 Å². The van der Waals surface area contributed by atoms with Crippen molar-refractivity contribution in [3.8, 4) is 5.69 Å². The normalized spacial score (nSPS) is 10.9. The van der Waals surface area contributed by atoms with Gasteiger partial charge in [-0.3, -0.25) is 4.57 Å². The van der Waals surface area contributed by atoms with E-state index in [-0.39, 0.29) is 5.69 Å². The number of para-hydroxylation sites is 2. The van der Waals surface area contributed by atoms with Crippen LogP contribution in [0.25, 0.3) is 16.9 Å². The number of benzene rings is 3. The van der Waals surface area contributed by atoms with Crippen LogP contribution in [0.3, 0.4) is 0 Å². The van der Waals surface area contributed by atoms with Crippen molar-refractivity contribution in [3.05, 3.63) is 119 Å². The molecule has 0 radical (unpaired) electrons. The molecule has 5 nitrogen and oxygen atoms in total. The number of aromatic nitrogens is 3. The van der Waals surface area contributed by atoms with Crippen LogP contribution in [0, 0.1) is 0 Å². The minimum absolute atomic E-state index is 0.107. The first-order chi connectivity index (χ1) is 14.8. The molecule has 146 valence electrons. The molecule has 5 rings (SSSR count). The zero-order valence-electron chi connectivity index (χ0n) is 16.3. The molecule has 2 aromatic heterocycles. The van der Waals surface area contributed by atoms with Crippen molar-refractivity contribution in [2.24, 2.45) is 0 Å². The van der Waals surface area contributed by atoms with E-state index in [2.05, 4.69) is 5.32 Å². The maximum Gasteiger partial charge on any atom is 0.335 e. The number of pyridine rings is 1. The van der Waals surface area contributed by atoms with E-state index >= 15 is 0 Å². The van der Waals surface area contributed by atoms with E-state index in [1.54, 1.807) is 9.13 Å². The van der Waals surface area contributed by atoms with Crippen molar-refractivity contribution in [2.45, 2.75) is 6.54 Å². The molecule has 5 aromatic rings. The summed E-state index contributed by atoms with van der Waals surface area (Å²) in [6.45, 7) is 0.489. The van der Waals surface area contributed by atoms with Crippen LogP contribution in [0.15, 0.2) is 108 Å². The quantitative estimate of drug-likeness (QED) is 0.459. The summed E-state index contributed by atoms with van der Waals surface area (Å²) in [6, 6.07) is 33.4. The number of fused-ring (bicyclic) bond motifs is 1. The monoisotopic (exact) mass is 392 g/mol. The average Bonchev–Trinajstić information content (AvgIpc) is 3.06. The first-order valence-electron chi connectivity index (χ1n) is 9.83. The highest BCUT2D eigenvalue weighted by Gasteiger charge is 2.17. The van der Waals surface area contributed by atoms with Crippen molar-refractivity contribution in [1.82, 2.24) is 14.1 Å². The smallest absolute Gasteiger partial charge is 0.335 e. The summed E-state index contributed by atoms with van der Waals surface area (Å²) in [6.07, 6.45) is 0. The average molecular weight is 392 g/mol. The van der Waals surface area contributed by atoms with E-state index in [0.717, 1.165) is 22.5 Å². The van der Waals surface area contributed by atoms with Crippen molar-refractivity contribution in [2.75, 3.05) is 5.32 Å². The number of rotatable bonds is 5. The summed E-state index contributed by atoms with van der Waals surface area (Å²) in [5, 5.41) is 3.32. The second-order valence-electron chi connectivity index (χ2n) is 7.06. The zero-order chi connectivity index (χ0) is 20.3. The third kappa shape index (κ3) is 3.37. The molecule has 5 heteroatoms. The molecule has 0 unspecified atom stereocenters. The summed E-state index contributed by atoms with van der Waals surface area (Å²) in [4.78, 5) is 18.2. The highest BCUT2D eigenvalue weighted by molar-refractivity contribution is 5.77. The van der Waals surface area contributed by atoms with Gasteiger partial charge in [-0.2, -0.15) is 0 Å². The molecule has 30 heavy (non-hydrogen) atoms. The van der Waals surface area contributed by atoms with E-state index in [4.69, 9.17) is 4.98 Å². The Balaban J connectivity index is 1.67. The van der Waals surface area contributed by atoms with Gasteiger partial charge >= 0.3 is 5.69 Å². The molecule has 0 saturated heterocycles. The Morgan fingerprint density at radius 1 is 0.733 bits per heavy atom. The Bertz CT molecular complexity index is 1340. The maximum atomic E-state index is 13.4. The van der Waals surface area contributed by atoms with Gasteiger partial charge in [0.2, 0.25) is 0 Å². The van der Waals surface area contributed by atoms with Gasteiger partial charge in [0.05, 0.1) is 17.7 Å². The molecule has 0 spiro atoms. The van der Waals surface area contributed by atoms with E-state index in [9.17, 15) is 4.79 Å². The van der Waals surface area contributed by atoms with E-state index in [1.165, 1.54) is 0 Å². The van der Waals surface area contributed by atoms with Crippen LogP contribution in [-0.2, 0) is 6.54 Å². The van der Waals surface area contributed by atoms with Crippen molar-refractivity contribution in [1.29, 1.82) is 0 Å². The fourth-order valence-electron chi connectivity index (χ4n) is 3.60. The number of nitrogens with one attached hydrogen (secondary N) is 1. The predicted molar refractivity (Wildman–Crippen MR) is 121 cm³/mol. The van der Waals surface area contributed by atoms with Gasteiger partial charge in [-0.1, -0.05) is 66.7 Å². The molecule has 0 bridgehead atoms. The summed E-state index contributed by atoms with van der Waals surface area (Å²) < 4.78 is 3.45. The summed E-state index contributed by atoms with van der Waals surface area (Å²) >= 11 is 0. The predicted octanol–water partition coefficient (Wildman–Crippen LogP) is 4.98. The Kier molecular flexibility index (Phi) is 4.62. The van der Waals surface area contributed by atoms with Gasteiger partial charge in [0.25, 0.3) is 0 Å². The van der Waals surface area contributed by atoms with Gasteiger partial charge in [-0.15, -0.1) is 0 Å². The molecule has 1 N–H and O–H groups in total. The summed E-state index contributed by atoms with van der Waals surface area (Å²) in [7, 11) is 0. The van der Waals surface area contributed by atoms with Gasteiger partial charge in [-0.25, -0.2) is 14.3 Å². The van der Waals surface area contributed by atoms with Gasteiger partial charge in [0.1, 0.15) is 5.82 Å². The number of nitrogens with zero attached hydrogens (tertiary/aromatic N) is 3. The summed E-state index contributed by atoms with van der Waals surface area (Å²) in [5.74, 6) is 0.690. The first kappa shape index (κ1) is 17.9. The van der Waals surface area contributed by atoms with Gasteiger partial charge in [-0.05, 0) is 42.0 Å². The number of imidazole rings is 1. The number of hydrogen-bond donors (Lipinski definition) is 1. The Morgan fingerprint density at radius 2 is 1.37 bits per heavy atom. The maximum absolute atomic E-state index is 13.4. The van der Waals surface area contributed by atoms with Crippen LogP contribution in [-0.4, -0.2) is 14.1 Å². The minimum Gasteiger partial charge on any atom is -0.340 e. The largest absolute Gasteiger partial charge is 0.340 e. The molecule has 0 aliphatic heterocycles.